The van der Waals surface area contributed by atoms with E-state index in [4.69, 9.17) is 5.11 Å². The Bertz CT molecular complexity index is 801. The molecule has 8 heteroatoms. The number of carbonyl (C=O) groups excluding carboxylic acids is 1. The van der Waals surface area contributed by atoms with Crippen LogP contribution in [0.4, 0.5) is 16.4 Å². The fraction of sp³-hybridized carbons (Fsp3) is 0.294. The number of carboxylic acid groups (broad SMARTS) is 1. The van der Waals surface area contributed by atoms with Gasteiger partial charge in [-0.15, -0.1) is 0 Å². The first-order valence-electron chi connectivity index (χ1n) is 8.05. The summed E-state index contributed by atoms with van der Waals surface area (Å²) in [6, 6.07) is 11.1. The summed E-state index contributed by atoms with van der Waals surface area (Å²) in [5.41, 5.74) is 1.12. The van der Waals surface area contributed by atoms with Gasteiger partial charge >= 0.3 is 6.09 Å². The standard InChI is InChI=1S/C17H17N5O3/c23-15(21-14-11-8-22(17(24)25)9-12(11)14)13-6-7-18-16(20-13)19-10-4-2-1-3-5-10/h1-7,11-12,14H,8-9H2,(H,21,23)(H,24,25)(H,18,19,20)/t11-,12+,14-. The van der Waals surface area contributed by atoms with Crippen molar-refractivity contribution in [2.45, 2.75) is 6.04 Å². The number of nitrogens with zero attached hydrogens (tertiary/aromatic N) is 3. The van der Waals surface area contributed by atoms with Gasteiger partial charge in [0.15, 0.2) is 0 Å². The van der Waals surface area contributed by atoms with Crippen molar-refractivity contribution < 1.29 is 14.7 Å². The van der Waals surface area contributed by atoms with Gasteiger partial charge in [0.2, 0.25) is 5.95 Å². The lowest BCUT2D eigenvalue weighted by atomic mass is 10.3. The van der Waals surface area contributed by atoms with Crippen molar-refractivity contribution >= 4 is 23.6 Å². The number of carbonyl (C=O) groups is 2. The van der Waals surface area contributed by atoms with E-state index in [2.05, 4.69) is 20.6 Å². The lowest BCUT2D eigenvalue weighted by Crippen LogP contribution is -2.37. The average Bonchev–Trinajstić information content (AvgIpc) is 3.05. The van der Waals surface area contributed by atoms with E-state index in [9.17, 15) is 9.59 Å². The third kappa shape index (κ3) is 3.10. The fourth-order valence-electron chi connectivity index (χ4n) is 3.32. The number of anilines is 2. The average molecular weight is 339 g/mol. The lowest BCUT2D eigenvalue weighted by molar-refractivity contribution is 0.0938. The normalized spacial score (nSPS) is 23.7. The minimum Gasteiger partial charge on any atom is -0.465 e. The molecule has 4 rings (SSSR count). The van der Waals surface area contributed by atoms with Gasteiger partial charge in [-0.25, -0.2) is 14.8 Å². The summed E-state index contributed by atoms with van der Waals surface area (Å²) < 4.78 is 0. The Morgan fingerprint density at radius 3 is 2.52 bits per heavy atom. The molecular weight excluding hydrogens is 322 g/mol. The van der Waals surface area contributed by atoms with E-state index in [1.54, 1.807) is 6.07 Å². The third-order valence-electron chi connectivity index (χ3n) is 4.68. The highest BCUT2D eigenvalue weighted by Crippen LogP contribution is 2.45. The molecular formula is C17H17N5O3. The molecule has 1 saturated carbocycles. The summed E-state index contributed by atoms with van der Waals surface area (Å²) in [5.74, 6) is 0.513. The van der Waals surface area contributed by atoms with Gasteiger partial charge < -0.3 is 20.6 Å². The molecule has 1 saturated heterocycles. The van der Waals surface area contributed by atoms with Gasteiger partial charge in [-0.05, 0) is 18.2 Å². The topological polar surface area (TPSA) is 107 Å². The smallest absolute Gasteiger partial charge is 0.407 e. The first-order chi connectivity index (χ1) is 12.1. The zero-order chi connectivity index (χ0) is 17.4. The van der Waals surface area contributed by atoms with E-state index in [1.807, 2.05) is 30.3 Å². The first kappa shape index (κ1) is 15.4. The number of hydrogen-bond acceptors (Lipinski definition) is 5. The highest BCUT2D eigenvalue weighted by molar-refractivity contribution is 5.93. The van der Waals surface area contributed by atoms with Crippen LogP contribution in [0.1, 0.15) is 10.5 Å². The molecule has 2 heterocycles. The monoisotopic (exact) mass is 339 g/mol. The summed E-state index contributed by atoms with van der Waals surface area (Å²) in [6.45, 7) is 0.963. The molecule has 3 atom stereocenters. The van der Waals surface area contributed by atoms with Crippen LogP contribution in [0, 0.1) is 11.8 Å². The predicted molar refractivity (Wildman–Crippen MR) is 89.6 cm³/mol. The van der Waals surface area contributed by atoms with Gasteiger partial charge in [0.1, 0.15) is 5.69 Å². The first-order valence-corrected chi connectivity index (χ1v) is 8.05. The minimum atomic E-state index is -0.898. The summed E-state index contributed by atoms with van der Waals surface area (Å²) in [5, 5.41) is 15.0. The molecule has 0 unspecified atom stereocenters. The molecule has 1 aliphatic heterocycles. The van der Waals surface area contributed by atoms with Crippen LogP contribution in [-0.2, 0) is 0 Å². The van der Waals surface area contributed by atoms with Crippen LogP contribution in [0.3, 0.4) is 0 Å². The van der Waals surface area contributed by atoms with Crippen LogP contribution < -0.4 is 10.6 Å². The lowest BCUT2D eigenvalue weighted by Gasteiger charge is -2.16. The second-order valence-corrected chi connectivity index (χ2v) is 6.27. The Morgan fingerprint density at radius 2 is 1.84 bits per heavy atom. The van der Waals surface area contributed by atoms with Crippen molar-refractivity contribution in [2.24, 2.45) is 11.8 Å². The second-order valence-electron chi connectivity index (χ2n) is 6.27. The van der Waals surface area contributed by atoms with Crippen LogP contribution in [-0.4, -0.2) is 51.1 Å². The van der Waals surface area contributed by atoms with Crippen molar-refractivity contribution in [3.05, 3.63) is 48.3 Å². The molecule has 25 heavy (non-hydrogen) atoms. The number of nitrogens with one attached hydrogen (secondary N) is 2. The van der Waals surface area contributed by atoms with E-state index in [0.29, 0.717) is 19.0 Å². The van der Waals surface area contributed by atoms with Gasteiger partial charge in [-0.1, -0.05) is 18.2 Å². The number of benzene rings is 1. The van der Waals surface area contributed by atoms with E-state index in [1.165, 1.54) is 11.1 Å². The summed E-state index contributed by atoms with van der Waals surface area (Å²) in [6.07, 6.45) is 0.636. The van der Waals surface area contributed by atoms with Gasteiger partial charge in [0.05, 0.1) is 0 Å². The number of para-hydroxylation sites is 1. The molecule has 0 radical (unpaired) electrons. The molecule has 1 aromatic carbocycles. The molecule has 3 N–H and O–H groups in total. The zero-order valence-corrected chi connectivity index (χ0v) is 13.3. The Labute approximate surface area is 143 Å². The van der Waals surface area contributed by atoms with Gasteiger partial charge in [0.25, 0.3) is 5.91 Å². The number of aromatic nitrogens is 2. The molecule has 2 amide bonds. The molecule has 8 nitrogen and oxygen atoms in total. The molecule has 1 aliphatic carbocycles. The number of likely N-dealkylation sites (tertiary alicyclic amines) is 1. The SMILES string of the molecule is O=C(N[C@@H]1[C@@H]2CN(C(=O)O)C[C@@H]21)c1ccnc(Nc2ccccc2)n1. The number of hydrogen-bond donors (Lipinski definition) is 3. The Morgan fingerprint density at radius 1 is 1.12 bits per heavy atom. The minimum absolute atomic E-state index is 0.0311. The third-order valence-corrected chi connectivity index (χ3v) is 4.68. The van der Waals surface area contributed by atoms with Crippen molar-refractivity contribution in [1.82, 2.24) is 20.2 Å². The van der Waals surface area contributed by atoms with E-state index >= 15 is 0 Å². The van der Waals surface area contributed by atoms with Crippen molar-refractivity contribution in [3.63, 3.8) is 0 Å². The second kappa shape index (κ2) is 6.04. The molecule has 2 fully saturated rings. The zero-order valence-electron chi connectivity index (χ0n) is 13.3. The van der Waals surface area contributed by atoms with Crippen molar-refractivity contribution in [1.29, 1.82) is 0 Å². The van der Waals surface area contributed by atoms with Crippen LogP contribution in [0.25, 0.3) is 0 Å². The number of fused-ring (bicyclic) bond motifs is 1. The largest absolute Gasteiger partial charge is 0.465 e. The maximum absolute atomic E-state index is 12.4. The molecule has 2 aromatic rings. The highest BCUT2D eigenvalue weighted by atomic mass is 16.4. The van der Waals surface area contributed by atoms with Crippen LogP contribution in [0.5, 0.6) is 0 Å². The van der Waals surface area contributed by atoms with Gasteiger partial charge in [0, 0.05) is 42.9 Å². The van der Waals surface area contributed by atoms with E-state index in [-0.39, 0.29) is 29.5 Å². The highest BCUT2D eigenvalue weighted by Gasteiger charge is 2.57. The maximum atomic E-state index is 12.4. The molecule has 1 aromatic heterocycles. The quantitative estimate of drug-likeness (QED) is 0.780. The Balaban J connectivity index is 1.37. The fourth-order valence-corrected chi connectivity index (χ4v) is 3.32. The Kier molecular flexibility index (Phi) is 3.72. The number of piperidine rings is 1. The van der Waals surface area contributed by atoms with E-state index < -0.39 is 6.09 Å². The maximum Gasteiger partial charge on any atom is 0.407 e. The van der Waals surface area contributed by atoms with E-state index in [0.717, 1.165) is 5.69 Å². The molecule has 2 aliphatic rings. The van der Waals surface area contributed by atoms with Gasteiger partial charge in [-0.2, -0.15) is 0 Å². The number of rotatable bonds is 4. The molecule has 128 valence electrons. The van der Waals surface area contributed by atoms with Crippen molar-refractivity contribution in [2.75, 3.05) is 18.4 Å². The predicted octanol–water partition coefficient (Wildman–Crippen LogP) is 1.56. The van der Waals surface area contributed by atoms with Crippen LogP contribution >= 0.6 is 0 Å². The summed E-state index contributed by atoms with van der Waals surface area (Å²) in [4.78, 5) is 33.1. The van der Waals surface area contributed by atoms with Gasteiger partial charge in [-0.3, -0.25) is 4.79 Å². The molecule has 0 bridgehead atoms. The molecule has 0 spiro atoms. The Hall–Kier alpha value is -3.16. The van der Waals surface area contributed by atoms with Crippen molar-refractivity contribution in [3.8, 4) is 0 Å². The summed E-state index contributed by atoms with van der Waals surface area (Å²) >= 11 is 0. The number of amides is 2. The van der Waals surface area contributed by atoms with Crippen LogP contribution in [0.2, 0.25) is 0 Å². The van der Waals surface area contributed by atoms with Crippen LogP contribution in [0.15, 0.2) is 42.6 Å². The summed E-state index contributed by atoms with van der Waals surface area (Å²) in [7, 11) is 0.